The summed E-state index contributed by atoms with van der Waals surface area (Å²) >= 11 is 0. The summed E-state index contributed by atoms with van der Waals surface area (Å²) in [6.07, 6.45) is 6.93. The molecule has 94 valence electrons. The van der Waals surface area contributed by atoms with Gasteiger partial charge in [0.1, 0.15) is 0 Å². The van der Waals surface area contributed by atoms with Crippen LogP contribution < -0.4 is 0 Å². The van der Waals surface area contributed by atoms with E-state index in [4.69, 9.17) is 4.74 Å². The van der Waals surface area contributed by atoms with E-state index in [1.165, 1.54) is 38.8 Å². The van der Waals surface area contributed by atoms with Gasteiger partial charge >= 0.3 is 0 Å². The number of nitrogens with zero attached hydrogens (tertiary/aromatic N) is 1. The molecule has 0 unspecified atom stereocenters. The zero-order valence-electron chi connectivity index (χ0n) is 10.4. The Labute approximate surface area is 98.8 Å². The normalized spacial score (nSPS) is 34.1. The molecule has 1 aliphatic heterocycles. The van der Waals surface area contributed by atoms with E-state index >= 15 is 0 Å². The summed E-state index contributed by atoms with van der Waals surface area (Å²) in [6.45, 7) is 3.39. The lowest BCUT2D eigenvalue weighted by Crippen LogP contribution is -2.44. The Morgan fingerprint density at radius 2 is 1.69 bits per heavy atom. The van der Waals surface area contributed by atoms with Crippen LogP contribution in [0.1, 0.15) is 38.5 Å². The van der Waals surface area contributed by atoms with Crippen molar-refractivity contribution in [2.45, 2.75) is 50.7 Å². The largest absolute Gasteiger partial charge is 0.393 e. The number of hydrogen-bond acceptors (Lipinski definition) is 3. The number of aliphatic hydroxyl groups excluding tert-OH is 1. The fourth-order valence-electron chi connectivity index (χ4n) is 3.14. The number of likely N-dealkylation sites (tertiary alicyclic amines) is 1. The minimum Gasteiger partial charge on any atom is -0.393 e. The van der Waals surface area contributed by atoms with Crippen molar-refractivity contribution in [3.05, 3.63) is 0 Å². The molecule has 0 aromatic carbocycles. The van der Waals surface area contributed by atoms with Crippen molar-refractivity contribution >= 4 is 0 Å². The van der Waals surface area contributed by atoms with Gasteiger partial charge in [-0.3, -0.25) is 0 Å². The van der Waals surface area contributed by atoms with Crippen molar-refractivity contribution in [2.75, 3.05) is 26.8 Å². The molecule has 2 fully saturated rings. The number of piperidine rings is 1. The lowest BCUT2D eigenvalue weighted by Gasteiger charge is -2.40. The van der Waals surface area contributed by atoms with E-state index in [-0.39, 0.29) is 6.10 Å². The molecule has 0 radical (unpaired) electrons. The van der Waals surface area contributed by atoms with Gasteiger partial charge in [0.05, 0.1) is 6.10 Å². The van der Waals surface area contributed by atoms with Crippen LogP contribution in [0.3, 0.4) is 0 Å². The lowest BCUT2D eigenvalue weighted by atomic mass is 9.89. The van der Waals surface area contributed by atoms with Crippen molar-refractivity contribution in [3.63, 3.8) is 0 Å². The van der Waals surface area contributed by atoms with Gasteiger partial charge in [-0.25, -0.2) is 0 Å². The summed E-state index contributed by atoms with van der Waals surface area (Å²) in [7, 11) is 1.80. The minimum atomic E-state index is -0.0257. The van der Waals surface area contributed by atoms with Gasteiger partial charge in [0.15, 0.2) is 0 Å². The topological polar surface area (TPSA) is 32.7 Å². The van der Waals surface area contributed by atoms with Crippen LogP contribution in [0.4, 0.5) is 0 Å². The molecule has 0 aromatic heterocycles. The Bertz CT molecular complexity index is 194. The van der Waals surface area contributed by atoms with E-state index < -0.39 is 0 Å². The molecule has 1 heterocycles. The second-order valence-corrected chi connectivity index (χ2v) is 5.40. The molecule has 2 aliphatic rings. The number of hydrogen-bond donors (Lipinski definition) is 1. The zero-order valence-corrected chi connectivity index (χ0v) is 10.4. The highest BCUT2D eigenvalue weighted by Crippen LogP contribution is 2.27. The third kappa shape index (κ3) is 3.19. The maximum absolute atomic E-state index is 9.50. The van der Waals surface area contributed by atoms with Crippen LogP contribution in [0.5, 0.6) is 0 Å². The van der Waals surface area contributed by atoms with Gasteiger partial charge in [0.2, 0.25) is 0 Å². The van der Waals surface area contributed by atoms with E-state index in [0.717, 1.165) is 31.4 Å². The van der Waals surface area contributed by atoms with Gasteiger partial charge in [-0.15, -0.1) is 0 Å². The summed E-state index contributed by atoms with van der Waals surface area (Å²) in [5.41, 5.74) is 0. The van der Waals surface area contributed by atoms with Crippen LogP contribution in [-0.2, 0) is 4.74 Å². The summed E-state index contributed by atoms with van der Waals surface area (Å²) in [6, 6.07) is 0.742. The summed E-state index contributed by atoms with van der Waals surface area (Å²) in [5.74, 6) is 0.774. The van der Waals surface area contributed by atoms with Crippen molar-refractivity contribution in [2.24, 2.45) is 5.92 Å². The van der Waals surface area contributed by atoms with E-state index in [0.29, 0.717) is 0 Å². The second kappa shape index (κ2) is 5.99. The zero-order chi connectivity index (χ0) is 11.4. The van der Waals surface area contributed by atoms with E-state index in [1.54, 1.807) is 7.11 Å². The predicted octanol–water partition coefficient (Wildman–Crippen LogP) is 1.65. The Morgan fingerprint density at radius 3 is 2.25 bits per heavy atom. The standard InChI is InChI=1S/C13H25NO2/c1-16-10-11-6-8-14(9-7-11)12-2-4-13(15)5-3-12/h11-13,15H,2-10H2,1H3. The number of aliphatic hydroxyl groups is 1. The van der Waals surface area contributed by atoms with Gasteiger partial charge in [-0.2, -0.15) is 0 Å². The third-order valence-corrected chi connectivity index (χ3v) is 4.23. The summed E-state index contributed by atoms with van der Waals surface area (Å²) in [4.78, 5) is 2.64. The van der Waals surface area contributed by atoms with Gasteiger partial charge < -0.3 is 14.7 Å². The van der Waals surface area contributed by atoms with Gasteiger partial charge in [-0.1, -0.05) is 0 Å². The first-order valence-corrected chi connectivity index (χ1v) is 6.70. The molecule has 0 spiro atoms. The quantitative estimate of drug-likeness (QED) is 0.795. The first-order chi connectivity index (χ1) is 7.79. The van der Waals surface area contributed by atoms with E-state index in [2.05, 4.69) is 4.90 Å². The van der Waals surface area contributed by atoms with E-state index in [1.807, 2.05) is 0 Å². The molecule has 3 heteroatoms. The van der Waals surface area contributed by atoms with E-state index in [9.17, 15) is 5.11 Å². The van der Waals surface area contributed by atoms with Crippen LogP contribution in [0.25, 0.3) is 0 Å². The fourth-order valence-corrected chi connectivity index (χ4v) is 3.14. The molecule has 0 amide bonds. The molecule has 1 N–H and O–H groups in total. The highest BCUT2D eigenvalue weighted by molar-refractivity contribution is 4.82. The molecular formula is C13H25NO2. The highest BCUT2D eigenvalue weighted by atomic mass is 16.5. The number of ether oxygens (including phenoxy) is 1. The second-order valence-electron chi connectivity index (χ2n) is 5.40. The van der Waals surface area contributed by atoms with Crippen molar-refractivity contribution < 1.29 is 9.84 Å². The summed E-state index contributed by atoms with van der Waals surface area (Å²) < 4.78 is 5.22. The van der Waals surface area contributed by atoms with Gasteiger partial charge in [0, 0.05) is 19.8 Å². The first-order valence-electron chi connectivity index (χ1n) is 6.70. The highest BCUT2D eigenvalue weighted by Gasteiger charge is 2.28. The van der Waals surface area contributed by atoms with Crippen molar-refractivity contribution in [3.8, 4) is 0 Å². The Morgan fingerprint density at radius 1 is 1.06 bits per heavy atom. The SMILES string of the molecule is COCC1CCN(C2CCC(O)CC2)CC1. The molecule has 16 heavy (non-hydrogen) atoms. The smallest absolute Gasteiger partial charge is 0.0541 e. The molecule has 1 saturated carbocycles. The molecular weight excluding hydrogens is 202 g/mol. The maximum atomic E-state index is 9.50. The molecule has 0 atom stereocenters. The molecule has 1 aliphatic carbocycles. The third-order valence-electron chi connectivity index (χ3n) is 4.23. The van der Waals surface area contributed by atoms with Crippen LogP contribution in [0.2, 0.25) is 0 Å². The number of rotatable bonds is 3. The van der Waals surface area contributed by atoms with Crippen LogP contribution >= 0.6 is 0 Å². The van der Waals surface area contributed by atoms with Crippen LogP contribution in [0, 0.1) is 5.92 Å². The summed E-state index contributed by atoms with van der Waals surface area (Å²) in [5, 5.41) is 9.50. The predicted molar refractivity (Wildman–Crippen MR) is 64.4 cm³/mol. The van der Waals surface area contributed by atoms with Crippen molar-refractivity contribution in [1.82, 2.24) is 4.90 Å². The molecule has 3 nitrogen and oxygen atoms in total. The molecule has 1 saturated heterocycles. The van der Waals surface area contributed by atoms with Gasteiger partial charge in [0.25, 0.3) is 0 Å². The van der Waals surface area contributed by atoms with Gasteiger partial charge in [-0.05, 0) is 57.5 Å². The maximum Gasteiger partial charge on any atom is 0.0541 e. The first kappa shape index (κ1) is 12.3. The minimum absolute atomic E-state index is 0.0257. The monoisotopic (exact) mass is 227 g/mol. The Balaban J connectivity index is 1.72. The van der Waals surface area contributed by atoms with Crippen molar-refractivity contribution in [1.29, 1.82) is 0 Å². The Hall–Kier alpha value is -0.120. The Kier molecular flexibility index (Phi) is 4.62. The molecule has 0 aromatic rings. The number of methoxy groups -OCH3 is 1. The fraction of sp³-hybridized carbons (Fsp3) is 1.00. The van der Waals surface area contributed by atoms with Crippen LogP contribution in [-0.4, -0.2) is 49.0 Å². The van der Waals surface area contributed by atoms with Crippen LogP contribution in [0.15, 0.2) is 0 Å². The molecule has 2 rings (SSSR count). The lowest BCUT2D eigenvalue weighted by molar-refractivity contribution is 0.0417. The molecule has 0 bridgehead atoms. The average Bonchev–Trinajstić information content (AvgIpc) is 2.32. The average molecular weight is 227 g/mol.